The second kappa shape index (κ2) is 4.94. The van der Waals surface area contributed by atoms with Crippen LogP contribution in [0.1, 0.15) is 12.8 Å². The van der Waals surface area contributed by atoms with E-state index in [9.17, 15) is 4.79 Å². The van der Waals surface area contributed by atoms with E-state index >= 15 is 0 Å². The predicted octanol–water partition coefficient (Wildman–Crippen LogP) is 2.29. The van der Waals surface area contributed by atoms with Gasteiger partial charge in [0.2, 0.25) is 5.91 Å². The Hall–Kier alpha value is 0.750. The van der Waals surface area contributed by atoms with Gasteiger partial charge in [0, 0.05) is 36.1 Å². The molecule has 1 aliphatic carbocycles. The minimum Gasteiger partial charge on any atom is -0.352 e. The second-order valence-electron chi connectivity index (χ2n) is 3.90. The molecule has 1 saturated heterocycles. The Labute approximate surface area is 108 Å². The van der Waals surface area contributed by atoms with Crippen molar-refractivity contribution < 1.29 is 4.79 Å². The van der Waals surface area contributed by atoms with Gasteiger partial charge in [0.15, 0.2) is 0 Å². The predicted molar refractivity (Wildman–Crippen MR) is 69.2 cm³/mol. The third-order valence-corrected chi connectivity index (χ3v) is 5.92. The summed E-state index contributed by atoms with van der Waals surface area (Å²) >= 11 is 15.3. The van der Waals surface area contributed by atoms with E-state index in [-0.39, 0.29) is 17.2 Å². The van der Waals surface area contributed by atoms with Gasteiger partial charge in [-0.2, -0.15) is 11.8 Å². The van der Waals surface area contributed by atoms with E-state index in [0.717, 1.165) is 17.3 Å². The lowest BCUT2D eigenvalue weighted by Crippen LogP contribution is -2.52. The van der Waals surface area contributed by atoms with Gasteiger partial charge >= 0.3 is 0 Å². The molecular formula is C9H13Cl2NOS2. The van der Waals surface area contributed by atoms with Gasteiger partial charge in [-0.15, -0.1) is 35.0 Å². The van der Waals surface area contributed by atoms with Gasteiger partial charge in [-0.25, -0.2) is 0 Å². The third kappa shape index (κ3) is 3.35. The van der Waals surface area contributed by atoms with Gasteiger partial charge in [0.25, 0.3) is 0 Å². The van der Waals surface area contributed by atoms with Crippen LogP contribution in [0.25, 0.3) is 0 Å². The Morgan fingerprint density at radius 2 is 2.07 bits per heavy atom. The molecule has 2 aliphatic rings. The highest BCUT2D eigenvalue weighted by molar-refractivity contribution is 8.07. The maximum atomic E-state index is 11.8. The first-order valence-corrected chi connectivity index (χ1v) is 7.90. The normalized spacial score (nSPS) is 30.7. The van der Waals surface area contributed by atoms with Crippen molar-refractivity contribution in [3.63, 3.8) is 0 Å². The Balaban J connectivity index is 1.73. The van der Waals surface area contributed by atoms with Crippen molar-refractivity contribution in [2.45, 2.75) is 28.5 Å². The average Bonchev–Trinajstić information content (AvgIpc) is 2.16. The van der Waals surface area contributed by atoms with E-state index in [1.54, 1.807) is 11.8 Å². The Morgan fingerprint density at radius 1 is 1.33 bits per heavy atom. The first kappa shape index (κ1) is 12.2. The van der Waals surface area contributed by atoms with Crippen LogP contribution in [0.3, 0.4) is 0 Å². The van der Waals surface area contributed by atoms with E-state index in [0.29, 0.717) is 12.8 Å². The summed E-state index contributed by atoms with van der Waals surface area (Å²) in [6.07, 6.45) is 1.35. The van der Waals surface area contributed by atoms with Crippen molar-refractivity contribution in [2.75, 3.05) is 17.3 Å². The van der Waals surface area contributed by atoms with E-state index in [1.165, 1.54) is 0 Å². The minimum atomic E-state index is -0.605. The number of hydrogen-bond acceptors (Lipinski definition) is 3. The lowest BCUT2D eigenvalue weighted by Gasteiger charge is -2.39. The summed E-state index contributed by atoms with van der Waals surface area (Å²) in [5.74, 6) is 3.31. The fourth-order valence-electron chi connectivity index (χ4n) is 1.70. The summed E-state index contributed by atoms with van der Waals surface area (Å²) in [4.78, 5) is 11.8. The Kier molecular flexibility index (Phi) is 4.03. The SMILES string of the molecule is O=C(NC1CC(Cl)(Cl)C1)C1CSCCS1. The molecule has 0 aromatic rings. The summed E-state index contributed by atoms with van der Waals surface area (Å²) in [6.45, 7) is 0. The van der Waals surface area contributed by atoms with Crippen molar-refractivity contribution in [2.24, 2.45) is 0 Å². The molecule has 1 aliphatic heterocycles. The number of nitrogens with one attached hydrogen (secondary N) is 1. The molecule has 2 fully saturated rings. The quantitative estimate of drug-likeness (QED) is 0.790. The molecule has 1 N–H and O–H groups in total. The van der Waals surface area contributed by atoms with Crippen molar-refractivity contribution in [1.29, 1.82) is 0 Å². The summed E-state index contributed by atoms with van der Waals surface area (Å²) in [7, 11) is 0. The number of hydrogen-bond donors (Lipinski definition) is 1. The lowest BCUT2D eigenvalue weighted by atomic mass is 9.91. The maximum Gasteiger partial charge on any atom is 0.234 e. The van der Waals surface area contributed by atoms with Gasteiger partial charge in [-0.1, -0.05) is 0 Å². The van der Waals surface area contributed by atoms with Gasteiger partial charge in [0.1, 0.15) is 4.33 Å². The average molecular weight is 286 g/mol. The number of thioether (sulfide) groups is 2. The van der Waals surface area contributed by atoms with Gasteiger partial charge in [-0.05, 0) is 0 Å². The van der Waals surface area contributed by atoms with Crippen LogP contribution in [-0.2, 0) is 4.79 Å². The van der Waals surface area contributed by atoms with E-state index in [2.05, 4.69) is 5.32 Å². The number of carbonyl (C=O) groups excluding carboxylic acids is 1. The molecule has 0 spiro atoms. The van der Waals surface area contributed by atoms with Crippen molar-refractivity contribution in [1.82, 2.24) is 5.32 Å². The Bertz CT molecular complexity index is 248. The summed E-state index contributed by atoms with van der Waals surface area (Å²) < 4.78 is -0.605. The molecule has 6 heteroatoms. The van der Waals surface area contributed by atoms with E-state index in [4.69, 9.17) is 23.2 Å². The number of rotatable bonds is 2. The zero-order valence-electron chi connectivity index (χ0n) is 8.17. The lowest BCUT2D eigenvalue weighted by molar-refractivity contribution is -0.121. The molecule has 15 heavy (non-hydrogen) atoms. The molecule has 0 aromatic carbocycles. The van der Waals surface area contributed by atoms with E-state index < -0.39 is 4.33 Å². The summed E-state index contributed by atoms with van der Waals surface area (Å²) in [6, 6.07) is 0.181. The van der Waals surface area contributed by atoms with Crippen LogP contribution in [0, 0.1) is 0 Å². The highest BCUT2D eigenvalue weighted by Crippen LogP contribution is 2.42. The first-order chi connectivity index (χ1) is 7.07. The second-order valence-corrected chi connectivity index (χ2v) is 8.00. The van der Waals surface area contributed by atoms with Gasteiger partial charge in [-0.3, -0.25) is 4.79 Å². The summed E-state index contributed by atoms with van der Waals surface area (Å²) in [5.41, 5.74) is 0. The molecule has 2 nitrogen and oxygen atoms in total. The first-order valence-electron chi connectivity index (χ1n) is 4.94. The molecule has 0 radical (unpaired) electrons. The zero-order chi connectivity index (χ0) is 10.9. The number of amides is 1. The van der Waals surface area contributed by atoms with Crippen molar-refractivity contribution in [3.8, 4) is 0 Å². The molecule has 86 valence electrons. The maximum absolute atomic E-state index is 11.8. The molecule has 1 saturated carbocycles. The molecular weight excluding hydrogens is 273 g/mol. The number of alkyl halides is 2. The van der Waals surface area contributed by atoms with Crippen LogP contribution >= 0.6 is 46.7 Å². The molecule has 1 amide bonds. The third-order valence-electron chi connectivity index (χ3n) is 2.54. The van der Waals surface area contributed by atoms with Gasteiger partial charge in [0.05, 0.1) is 5.25 Å². The smallest absolute Gasteiger partial charge is 0.234 e. The van der Waals surface area contributed by atoms with Crippen LogP contribution in [0.2, 0.25) is 0 Å². The monoisotopic (exact) mass is 285 g/mol. The summed E-state index contributed by atoms with van der Waals surface area (Å²) in [5, 5.41) is 3.11. The fraction of sp³-hybridized carbons (Fsp3) is 0.889. The standard InChI is InChI=1S/C9H13Cl2NOS2/c10-9(11)3-6(4-9)12-8(13)7-5-14-1-2-15-7/h6-7H,1-5H2,(H,12,13). The van der Waals surface area contributed by atoms with Gasteiger partial charge < -0.3 is 5.32 Å². The van der Waals surface area contributed by atoms with Crippen LogP contribution in [-0.4, -0.2) is 38.8 Å². The molecule has 1 atom stereocenters. The molecule has 0 aromatic heterocycles. The topological polar surface area (TPSA) is 29.1 Å². The Morgan fingerprint density at radius 3 is 2.60 bits per heavy atom. The zero-order valence-corrected chi connectivity index (χ0v) is 11.3. The number of carbonyl (C=O) groups is 1. The highest BCUT2D eigenvalue weighted by atomic mass is 35.5. The van der Waals surface area contributed by atoms with Crippen LogP contribution in [0.15, 0.2) is 0 Å². The molecule has 1 heterocycles. The van der Waals surface area contributed by atoms with Crippen molar-refractivity contribution in [3.05, 3.63) is 0 Å². The number of halogens is 2. The fourth-order valence-corrected chi connectivity index (χ4v) is 5.01. The molecule has 2 rings (SSSR count). The van der Waals surface area contributed by atoms with Crippen molar-refractivity contribution >= 4 is 52.6 Å². The van der Waals surface area contributed by atoms with E-state index in [1.807, 2.05) is 11.8 Å². The van der Waals surface area contributed by atoms with Crippen LogP contribution in [0.5, 0.6) is 0 Å². The van der Waals surface area contributed by atoms with Crippen LogP contribution in [0.4, 0.5) is 0 Å². The molecule has 0 bridgehead atoms. The molecule has 1 unspecified atom stereocenters. The largest absolute Gasteiger partial charge is 0.352 e. The van der Waals surface area contributed by atoms with Crippen LogP contribution < -0.4 is 5.32 Å². The minimum absolute atomic E-state index is 0.115. The highest BCUT2D eigenvalue weighted by Gasteiger charge is 2.42.